The monoisotopic (exact) mass is 491 g/mol. The number of amides is 2. The Kier molecular flexibility index (Phi) is 7.30. The van der Waals surface area contributed by atoms with Crippen molar-refractivity contribution in [2.24, 2.45) is 5.92 Å². The summed E-state index contributed by atoms with van der Waals surface area (Å²) in [4.78, 5) is 40.2. The van der Waals surface area contributed by atoms with Crippen molar-refractivity contribution in [3.05, 3.63) is 78.1 Å². The van der Waals surface area contributed by atoms with Gasteiger partial charge in [0.2, 0.25) is 0 Å². The molecule has 1 saturated heterocycles. The molecule has 0 bridgehead atoms. The third kappa shape index (κ3) is 5.76. The van der Waals surface area contributed by atoms with E-state index >= 15 is 0 Å². The highest BCUT2D eigenvalue weighted by Gasteiger charge is 2.31. The van der Waals surface area contributed by atoms with Crippen LogP contribution in [-0.2, 0) is 16.1 Å². The SMILES string of the molecule is [2H]C(c1ccccc1OCC(=O)N1CCC(C(=O)O)C1)N(C(=O)c1ccc(-c2ccco2)cc1)C(C)C. The van der Waals surface area contributed by atoms with Gasteiger partial charge in [-0.3, -0.25) is 14.4 Å². The molecule has 0 radical (unpaired) electrons. The van der Waals surface area contributed by atoms with Crippen molar-refractivity contribution >= 4 is 17.8 Å². The van der Waals surface area contributed by atoms with Gasteiger partial charge in [-0.25, -0.2) is 0 Å². The highest BCUT2D eigenvalue weighted by Crippen LogP contribution is 2.25. The minimum atomic E-state index is -1.08. The number of hydrogen-bond donors (Lipinski definition) is 1. The first-order chi connectivity index (χ1) is 17.8. The van der Waals surface area contributed by atoms with Crippen LogP contribution in [0, 0.1) is 5.92 Å². The molecule has 188 valence electrons. The fraction of sp³-hybridized carbons (Fsp3) is 0.321. The average molecular weight is 492 g/mol. The molecule has 2 atom stereocenters. The van der Waals surface area contributed by atoms with Gasteiger partial charge < -0.3 is 24.1 Å². The molecular formula is C28H30N2O6. The fourth-order valence-electron chi connectivity index (χ4n) is 4.10. The van der Waals surface area contributed by atoms with E-state index in [2.05, 4.69) is 0 Å². The Balaban J connectivity index is 1.48. The van der Waals surface area contributed by atoms with Crippen LogP contribution in [0.15, 0.2) is 71.3 Å². The summed E-state index contributed by atoms with van der Waals surface area (Å²) in [7, 11) is 0. The first-order valence-corrected chi connectivity index (χ1v) is 11.9. The molecule has 8 heteroatoms. The van der Waals surface area contributed by atoms with Crippen LogP contribution < -0.4 is 4.74 Å². The lowest BCUT2D eigenvalue weighted by Crippen LogP contribution is -2.36. The zero-order chi connectivity index (χ0) is 26.5. The predicted molar refractivity (Wildman–Crippen MR) is 133 cm³/mol. The summed E-state index contributed by atoms with van der Waals surface area (Å²) in [5.74, 6) is -1.06. The van der Waals surface area contributed by atoms with Gasteiger partial charge in [0, 0.05) is 42.3 Å². The lowest BCUT2D eigenvalue weighted by atomic mass is 10.1. The molecule has 1 aliphatic rings. The molecule has 0 saturated carbocycles. The fourth-order valence-corrected chi connectivity index (χ4v) is 4.10. The Morgan fingerprint density at radius 2 is 1.89 bits per heavy atom. The zero-order valence-electron chi connectivity index (χ0n) is 21.3. The van der Waals surface area contributed by atoms with Gasteiger partial charge in [-0.2, -0.15) is 0 Å². The van der Waals surface area contributed by atoms with Crippen LogP contribution >= 0.6 is 0 Å². The number of likely N-dealkylation sites (tertiary alicyclic amines) is 1. The Bertz CT molecular complexity index is 1240. The van der Waals surface area contributed by atoms with Crippen molar-refractivity contribution in [3.63, 3.8) is 0 Å². The number of carboxylic acids is 1. The Hall–Kier alpha value is -4.07. The van der Waals surface area contributed by atoms with Gasteiger partial charge >= 0.3 is 5.97 Å². The number of rotatable bonds is 9. The van der Waals surface area contributed by atoms with Crippen molar-refractivity contribution in [1.82, 2.24) is 9.80 Å². The molecule has 1 aromatic heterocycles. The van der Waals surface area contributed by atoms with E-state index in [-0.39, 0.29) is 31.0 Å². The summed E-state index contributed by atoms with van der Waals surface area (Å²) in [6.07, 6.45) is 2.00. The quantitative estimate of drug-likeness (QED) is 0.479. The molecule has 2 aromatic carbocycles. The van der Waals surface area contributed by atoms with Gasteiger partial charge in [-0.1, -0.05) is 30.3 Å². The molecular weight excluding hydrogens is 460 g/mol. The second-order valence-electron chi connectivity index (χ2n) is 8.98. The van der Waals surface area contributed by atoms with E-state index in [1.54, 1.807) is 60.9 Å². The van der Waals surface area contributed by atoms with E-state index in [4.69, 9.17) is 10.5 Å². The summed E-state index contributed by atoms with van der Waals surface area (Å²) >= 11 is 0. The average Bonchev–Trinajstić information content (AvgIpc) is 3.60. The molecule has 2 unspecified atom stereocenters. The van der Waals surface area contributed by atoms with Crippen molar-refractivity contribution < 1.29 is 30.0 Å². The summed E-state index contributed by atoms with van der Waals surface area (Å²) < 4.78 is 20.2. The standard InChI is InChI=1S/C28H30N2O6/c1-19(2)30(27(32)21-11-9-20(10-12-21)24-8-5-15-35-24)17-22-6-3-4-7-25(22)36-18-26(31)29-14-13-23(16-29)28(33)34/h3-12,15,19,23H,13-14,16-18H2,1-2H3,(H,33,34)/i17D. The second kappa shape index (κ2) is 11.1. The van der Waals surface area contributed by atoms with Crippen molar-refractivity contribution in [3.8, 4) is 17.1 Å². The molecule has 2 heterocycles. The summed E-state index contributed by atoms with van der Waals surface area (Å²) in [5.41, 5.74) is 1.74. The Morgan fingerprint density at radius 3 is 2.53 bits per heavy atom. The highest BCUT2D eigenvalue weighted by molar-refractivity contribution is 5.94. The number of nitrogens with zero attached hydrogens (tertiary/aromatic N) is 2. The van der Waals surface area contributed by atoms with Gasteiger partial charge in [0.25, 0.3) is 11.8 Å². The predicted octanol–water partition coefficient (Wildman–Crippen LogP) is 4.31. The third-order valence-electron chi connectivity index (χ3n) is 6.17. The van der Waals surface area contributed by atoms with Gasteiger partial charge in [-0.05, 0) is 50.6 Å². The zero-order valence-corrected chi connectivity index (χ0v) is 20.3. The number of ether oxygens (including phenoxy) is 1. The normalized spacial score (nSPS) is 16.5. The summed E-state index contributed by atoms with van der Waals surface area (Å²) in [5, 5.41) is 9.17. The van der Waals surface area contributed by atoms with E-state index < -0.39 is 18.4 Å². The van der Waals surface area contributed by atoms with Crippen molar-refractivity contribution in [2.45, 2.75) is 32.8 Å². The lowest BCUT2D eigenvalue weighted by molar-refractivity contribution is -0.141. The van der Waals surface area contributed by atoms with Crippen LogP contribution in [-0.4, -0.2) is 58.4 Å². The molecule has 4 rings (SSSR count). The van der Waals surface area contributed by atoms with E-state index in [9.17, 15) is 19.5 Å². The van der Waals surface area contributed by atoms with Crippen LogP contribution in [0.25, 0.3) is 11.3 Å². The molecule has 1 N–H and O–H groups in total. The number of benzene rings is 2. The maximum Gasteiger partial charge on any atom is 0.308 e. The molecule has 0 aliphatic carbocycles. The molecule has 2 amide bonds. The van der Waals surface area contributed by atoms with Gasteiger partial charge in [-0.15, -0.1) is 0 Å². The third-order valence-corrected chi connectivity index (χ3v) is 6.17. The minimum absolute atomic E-state index is 0.161. The molecule has 0 spiro atoms. The van der Waals surface area contributed by atoms with E-state index in [0.29, 0.717) is 35.6 Å². The number of carbonyl (C=O) groups excluding carboxylic acids is 2. The lowest BCUT2D eigenvalue weighted by Gasteiger charge is -2.28. The van der Waals surface area contributed by atoms with E-state index in [1.807, 2.05) is 19.9 Å². The first-order valence-electron chi connectivity index (χ1n) is 12.4. The Labute approximate surface area is 211 Å². The highest BCUT2D eigenvalue weighted by atomic mass is 16.5. The number of carboxylic acid groups (broad SMARTS) is 1. The number of hydrogen-bond acceptors (Lipinski definition) is 5. The number of furan rings is 1. The maximum atomic E-state index is 13.5. The molecule has 3 aromatic rings. The molecule has 36 heavy (non-hydrogen) atoms. The van der Waals surface area contributed by atoms with Crippen molar-refractivity contribution in [1.29, 1.82) is 0 Å². The minimum Gasteiger partial charge on any atom is -0.483 e. The topological polar surface area (TPSA) is 100 Å². The van der Waals surface area contributed by atoms with Crippen LogP contribution in [0.3, 0.4) is 0 Å². The molecule has 8 nitrogen and oxygen atoms in total. The largest absolute Gasteiger partial charge is 0.483 e. The summed E-state index contributed by atoms with van der Waals surface area (Å²) in [6.45, 7) is 2.86. The van der Waals surface area contributed by atoms with Crippen LogP contribution in [0.4, 0.5) is 0 Å². The number of para-hydroxylation sites is 1. The van der Waals surface area contributed by atoms with Crippen LogP contribution in [0.1, 0.15) is 37.6 Å². The van der Waals surface area contributed by atoms with Crippen molar-refractivity contribution in [2.75, 3.05) is 19.7 Å². The van der Waals surface area contributed by atoms with E-state index in [1.165, 1.54) is 9.80 Å². The van der Waals surface area contributed by atoms with Gasteiger partial charge in [0.15, 0.2) is 6.61 Å². The van der Waals surface area contributed by atoms with Gasteiger partial charge in [0.1, 0.15) is 11.5 Å². The van der Waals surface area contributed by atoms with Gasteiger partial charge in [0.05, 0.1) is 13.6 Å². The summed E-state index contributed by atoms with van der Waals surface area (Å²) in [6, 6.07) is 17.2. The van der Waals surface area contributed by atoms with E-state index in [0.717, 1.165) is 5.56 Å². The number of carbonyl (C=O) groups is 3. The smallest absolute Gasteiger partial charge is 0.308 e. The Morgan fingerprint density at radius 1 is 1.14 bits per heavy atom. The molecule has 1 fully saturated rings. The molecule has 1 aliphatic heterocycles. The first kappa shape index (κ1) is 23.7. The van der Waals surface area contributed by atoms with Crippen LogP contribution in [0.5, 0.6) is 5.75 Å². The second-order valence-corrected chi connectivity index (χ2v) is 8.98. The number of aliphatic carboxylic acids is 1. The maximum absolute atomic E-state index is 13.5. The van der Waals surface area contributed by atoms with Crippen LogP contribution in [0.2, 0.25) is 0 Å².